The van der Waals surface area contributed by atoms with E-state index in [0.29, 0.717) is 12.8 Å². The highest BCUT2D eigenvalue weighted by molar-refractivity contribution is 6.03. The van der Waals surface area contributed by atoms with Crippen LogP contribution in [0.2, 0.25) is 0 Å². The lowest BCUT2D eigenvalue weighted by Gasteiger charge is -2.35. The van der Waals surface area contributed by atoms with Crippen LogP contribution in [0.3, 0.4) is 0 Å². The molecule has 1 aromatic rings. The van der Waals surface area contributed by atoms with E-state index in [1.54, 1.807) is 20.8 Å². The molecule has 1 N–H and O–H groups in total. The number of anilines is 1. The maximum absolute atomic E-state index is 13.1. The Labute approximate surface area is 137 Å². The van der Waals surface area contributed by atoms with Crippen LogP contribution in [0.1, 0.15) is 39.2 Å². The van der Waals surface area contributed by atoms with Gasteiger partial charge in [0, 0.05) is 5.41 Å². The largest absolute Gasteiger partial charge is 0.448 e. The van der Waals surface area contributed by atoms with Crippen LogP contribution in [-0.2, 0) is 20.5 Å². The maximum atomic E-state index is 13.1. The highest BCUT2D eigenvalue weighted by atomic mass is 19.4. The number of hydrogen-bond donors (Lipinski definition) is 1. The molecule has 0 unspecified atom stereocenters. The first-order valence-corrected chi connectivity index (χ1v) is 7.67. The van der Waals surface area contributed by atoms with Crippen molar-refractivity contribution in [2.24, 2.45) is 10.8 Å². The lowest BCUT2D eigenvalue weighted by Crippen LogP contribution is -2.50. The molecule has 1 saturated heterocycles. The zero-order valence-corrected chi connectivity index (χ0v) is 13.6. The molecule has 1 aliphatic carbocycles. The second-order valence-corrected chi connectivity index (χ2v) is 7.17. The topological polar surface area (TPSA) is 55.4 Å². The van der Waals surface area contributed by atoms with Gasteiger partial charge in [-0.3, -0.25) is 9.59 Å². The standard InChI is InChI=1S/C17H18F3NO3/c1-14(2)15(3)8-9-16(14,24-13(15)23)12(22)21-11-7-5-4-6-10(11)17(18,19)20/h4-7H,8-9H2,1-3H3,(H,21,22)/t15-,16-/m0/s1. The zero-order chi connectivity index (χ0) is 18.0. The van der Waals surface area contributed by atoms with E-state index in [4.69, 9.17) is 4.74 Å². The second kappa shape index (κ2) is 4.74. The summed E-state index contributed by atoms with van der Waals surface area (Å²) in [4.78, 5) is 25.0. The smallest absolute Gasteiger partial charge is 0.418 e. The average molecular weight is 341 g/mol. The van der Waals surface area contributed by atoms with Gasteiger partial charge in [-0.2, -0.15) is 13.2 Å². The molecule has 2 bridgehead atoms. The Morgan fingerprint density at radius 1 is 1.17 bits per heavy atom. The third-order valence-corrected chi connectivity index (χ3v) is 5.93. The van der Waals surface area contributed by atoms with E-state index in [9.17, 15) is 22.8 Å². The van der Waals surface area contributed by atoms with E-state index in [0.717, 1.165) is 6.07 Å². The molecule has 2 aliphatic rings. The van der Waals surface area contributed by atoms with Gasteiger partial charge < -0.3 is 10.1 Å². The molecule has 1 saturated carbocycles. The van der Waals surface area contributed by atoms with Gasteiger partial charge in [-0.05, 0) is 31.9 Å². The normalized spacial score (nSPS) is 31.0. The Kier molecular flexibility index (Phi) is 3.32. The molecule has 0 radical (unpaired) electrons. The van der Waals surface area contributed by atoms with Crippen molar-refractivity contribution < 1.29 is 27.5 Å². The van der Waals surface area contributed by atoms with E-state index in [-0.39, 0.29) is 5.69 Å². The van der Waals surface area contributed by atoms with Gasteiger partial charge in [0.05, 0.1) is 16.7 Å². The SMILES string of the molecule is CC1(C)[C@@]2(C)CC[C@@]1(C(=O)Nc1ccccc1C(F)(F)F)OC2=O. The van der Waals surface area contributed by atoms with Crippen molar-refractivity contribution in [2.75, 3.05) is 5.32 Å². The molecule has 2 fully saturated rings. The van der Waals surface area contributed by atoms with Gasteiger partial charge in [-0.25, -0.2) is 0 Å². The third-order valence-electron chi connectivity index (χ3n) is 5.93. The van der Waals surface area contributed by atoms with Crippen LogP contribution in [0.15, 0.2) is 24.3 Å². The Hall–Kier alpha value is -2.05. The van der Waals surface area contributed by atoms with E-state index in [1.807, 2.05) is 0 Å². The van der Waals surface area contributed by atoms with E-state index in [2.05, 4.69) is 5.32 Å². The number of nitrogens with one attached hydrogen (secondary N) is 1. The van der Waals surface area contributed by atoms with Crippen molar-refractivity contribution in [3.8, 4) is 0 Å². The summed E-state index contributed by atoms with van der Waals surface area (Å²) in [5, 5.41) is 2.33. The average Bonchev–Trinajstić information content (AvgIpc) is 2.77. The highest BCUT2D eigenvalue weighted by Crippen LogP contribution is 2.65. The number of alkyl halides is 3. The molecule has 7 heteroatoms. The Balaban J connectivity index is 1.97. The minimum absolute atomic E-state index is 0.294. The summed E-state index contributed by atoms with van der Waals surface area (Å²) in [6.45, 7) is 5.24. The van der Waals surface area contributed by atoms with E-state index < -0.39 is 40.0 Å². The van der Waals surface area contributed by atoms with E-state index in [1.165, 1.54) is 18.2 Å². The van der Waals surface area contributed by atoms with Crippen LogP contribution < -0.4 is 5.32 Å². The predicted molar refractivity (Wildman–Crippen MR) is 80.0 cm³/mol. The number of esters is 1. The number of carbonyl (C=O) groups is 2. The fourth-order valence-electron chi connectivity index (χ4n) is 3.81. The van der Waals surface area contributed by atoms with Crippen LogP contribution in [0.4, 0.5) is 18.9 Å². The monoisotopic (exact) mass is 341 g/mol. The molecule has 1 heterocycles. The molecular weight excluding hydrogens is 323 g/mol. The first-order valence-electron chi connectivity index (χ1n) is 7.67. The lowest BCUT2D eigenvalue weighted by atomic mass is 9.66. The minimum atomic E-state index is -4.59. The molecule has 0 spiro atoms. The number of para-hydroxylation sites is 1. The van der Waals surface area contributed by atoms with Gasteiger partial charge in [-0.1, -0.05) is 26.0 Å². The number of fused-ring (bicyclic) bond motifs is 2. The van der Waals surface area contributed by atoms with Crippen molar-refractivity contribution in [3.63, 3.8) is 0 Å². The Morgan fingerprint density at radius 2 is 1.79 bits per heavy atom. The van der Waals surface area contributed by atoms with Crippen LogP contribution in [0.25, 0.3) is 0 Å². The fraction of sp³-hybridized carbons (Fsp3) is 0.529. The fourth-order valence-corrected chi connectivity index (χ4v) is 3.81. The van der Waals surface area contributed by atoms with Gasteiger partial charge in [0.25, 0.3) is 5.91 Å². The molecule has 1 amide bonds. The lowest BCUT2D eigenvalue weighted by molar-refractivity contribution is -0.166. The number of halogens is 3. The number of benzene rings is 1. The minimum Gasteiger partial charge on any atom is -0.448 e. The predicted octanol–water partition coefficient (Wildman–Crippen LogP) is 3.77. The summed E-state index contributed by atoms with van der Waals surface area (Å²) in [5.74, 6) is -1.18. The second-order valence-electron chi connectivity index (χ2n) is 7.17. The van der Waals surface area contributed by atoms with Crippen molar-refractivity contribution in [1.82, 2.24) is 0 Å². The molecular formula is C17H18F3NO3. The van der Waals surface area contributed by atoms with Crippen molar-refractivity contribution in [2.45, 2.75) is 45.4 Å². The number of rotatable bonds is 2. The van der Waals surface area contributed by atoms with E-state index >= 15 is 0 Å². The van der Waals surface area contributed by atoms with Crippen molar-refractivity contribution in [3.05, 3.63) is 29.8 Å². The Bertz CT molecular complexity index is 728. The van der Waals surface area contributed by atoms with Crippen molar-refractivity contribution in [1.29, 1.82) is 0 Å². The summed E-state index contributed by atoms with van der Waals surface area (Å²) < 4.78 is 44.7. The molecule has 4 nitrogen and oxygen atoms in total. The van der Waals surface area contributed by atoms with Gasteiger partial charge in [0.15, 0.2) is 5.60 Å². The van der Waals surface area contributed by atoms with Gasteiger partial charge in [0.1, 0.15) is 0 Å². The van der Waals surface area contributed by atoms with Crippen LogP contribution in [0, 0.1) is 10.8 Å². The molecule has 1 aliphatic heterocycles. The number of amides is 1. The quantitative estimate of drug-likeness (QED) is 0.833. The van der Waals surface area contributed by atoms with Crippen molar-refractivity contribution >= 4 is 17.6 Å². The van der Waals surface area contributed by atoms with Gasteiger partial charge in [0.2, 0.25) is 0 Å². The zero-order valence-electron chi connectivity index (χ0n) is 13.6. The summed E-state index contributed by atoms with van der Waals surface area (Å²) >= 11 is 0. The molecule has 2 atom stereocenters. The third kappa shape index (κ3) is 1.93. The molecule has 1 aromatic carbocycles. The summed E-state index contributed by atoms with van der Waals surface area (Å²) in [5.41, 5.74) is -4.34. The Morgan fingerprint density at radius 3 is 2.29 bits per heavy atom. The van der Waals surface area contributed by atoms with Gasteiger partial charge >= 0.3 is 12.1 Å². The van der Waals surface area contributed by atoms with Gasteiger partial charge in [-0.15, -0.1) is 0 Å². The molecule has 3 rings (SSSR count). The number of carbonyl (C=O) groups excluding carboxylic acids is 2. The summed E-state index contributed by atoms with van der Waals surface area (Å²) in [6, 6.07) is 4.75. The molecule has 24 heavy (non-hydrogen) atoms. The maximum Gasteiger partial charge on any atom is 0.418 e. The first-order chi connectivity index (χ1) is 11.0. The molecule has 130 valence electrons. The van der Waals surface area contributed by atoms with Crippen LogP contribution >= 0.6 is 0 Å². The highest BCUT2D eigenvalue weighted by Gasteiger charge is 2.75. The summed E-state index contributed by atoms with van der Waals surface area (Å²) in [7, 11) is 0. The first kappa shape index (κ1) is 16.8. The number of ether oxygens (including phenoxy) is 1. The molecule has 0 aromatic heterocycles. The van der Waals surface area contributed by atoms with Crippen LogP contribution in [-0.4, -0.2) is 17.5 Å². The number of hydrogen-bond acceptors (Lipinski definition) is 3. The summed E-state index contributed by atoms with van der Waals surface area (Å²) in [6.07, 6.45) is -3.83. The van der Waals surface area contributed by atoms with Crippen LogP contribution in [0.5, 0.6) is 0 Å².